The monoisotopic (exact) mass is 588 g/mol. The van der Waals surface area contributed by atoms with Gasteiger partial charge < -0.3 is 14.4 Å². The molecule has 0 saturated carbocycles. The summed E-state index contributed by atoms with van der Waals surface area (Å²) in [6, 6.07) is 38.4. The van der Waals surface area contributed by atoms with E-state index in [1.807, 2.05) is 60.7 Å². The van der Waals surface area contributed by atoms with Gasteiger partial charge in [0, 0.05) is 58.8 Å². The van der Waals surface area contributed by atoms with Crippen molar-refractivity contribution in [2.75, 3.05) is 4.90 Å². The third kappa shape index (κ3) is 6.91. The minimum Gasteiger partial charge on any atom is -0.429 e. The first kappa shape index (κ1) is 28.5. The Labute approximate surface area is 259 Å². The molecule has 0 spiro atoms. The van der Waals surface area contributed by atoms with Gasteiger partial charge in [0.15, 0.2) is 0 Å². The van der Waals surface area contributed by atoms with Crippen LogP contribution in [0.4, 0.5) is 17.1 Å². The Hall–Kier alpha value is -6.59. The maximum absolute atomic E-state index is 11.1. The molecule has 8 nitrogen and oxygen atoms in total. The number of anilines is 3. The van der Waals surface area contributed by atoms with E-state index < -0.39 is 0 Å². The zero-order valence-electron chi connectivity index (χ0n) is 23.8. The van der Waals surface area contributed by atoms with Gasteiger partial charge in [0.25, 0.3) is 12.9 Å². The highest BCUT2D eigenvalue weighted by Gasteiger charge is 2.13. The van der Waals surface area contributed by atoms with Crippen LogP contribution in [0.5, 0.6) is 11.5 Å². The molecule has 0 atom stereocenters. The molecule has 0 amide bonds. The summed E-state index contributed by atoms with van der Waals surface area (Å²) in [5.74, 6) is 7.00. The lowest BCUT2D eigenvalue weighted by Crippen LogP contribution is -2.09. The van der Waals surface area contributed by atoms with Gasteiger partial charge in [0.1, 0.15) is 11.5 Å². The van der Waals surface area contributed by atoms with Crippen molar-refractivity contribution < 1.29 is 19.1 Å². The van der Waals surface area contributed by atoms with Crippen LogP contribution in [0.3, 0.4) is 0 Å². The summed E-state index contributed by atoms with van der Waals surface area (Å²) >= 11 is 0. The van der Waals surface area contributed by atoms with Gasteiger partial charge in [0.2, 0.25) is 0 Å². The second kappa shape index (κ2) is 13.6. The Bertz CT molecular complexity index is 1970. The van der Waals surface area contributed by atoms with E-state index in [-0.39, 0.29) is 5.75 Å². The van der Waals surface area contributed by atoms with Crippen molar-refractivity contribution in [1.82, 2.24) is 15.0 Å². The lowest BCUT2D eigenvalue weighted by molar-refractivity contribution is -0.121. The Kier molecular flexibility index (Phi) is 8.61. The Morgan fingerprint density at radius 2 is 1.02 bits per heavy atom. The normalized spacial score (nSPS) is 10.2. The molecule has 0 radical (unpaired) electrons. The standard InChI is InChI=1S/C37H24N4O4/c42-25-44-32-18-20-39-35(22-32)37-24-33(45-26-43)23-36(40-37)34-21-28(17-19-38-34)12-11-27-13-15-31(16-14-27)41(29-7-3-1-4-8-29)30-9-5-2-6-10-30/h1-10,13-26H. The molecule has 0 fully saturated rings. The van der Waals surface area contributed by atoms with Crippen molar-refractivity contribution >= 4 is 30.0 Å². The lowest BCUT2D eigenvalue weighted by Gasteiger charge is -2.25. The largest absolute Gasteiger partial charge is 0.429 e. The fourth-order valence-electron chi connectivity index (χ4n) is 4.66. The summed E-state index contributed by atoms with van der Waals surface area (Å²) < 4.78 is 10.1. The first-order valence-electron chi connectivity index (χ1n) is 13.9. The highest BCUT2D eigenvalue weighted by molar-refractivity contribution is 5.76. The SMILES string of the molecule is O=COc1ccnc(-c2cc(OC=O)cc(-c3cc(C#Cc4ccc(N(c5ccccc5)c5ccccc5)cc4)ccn3)n2)c1. The minimum absolute atomic E-state index is 0.256. The fourth-order valence-corrected chi connectivity index (χ4v) is 4.66. The molecule has 0 aliphatic carbocycles. The van der Waals surface area contributed by atoms with Crippen LogP contribution in [-0.4, -0.2) is 27.9 Å². The van der Waals surface area contributed by atoms with Crippen LogP contribution >= 0.6 is 0 Å². The lowest BCUT2D eigenvalue weighted by atomic mass is 10.1. The number of rotatable bonds is 9. The van der Waals surface area contributed by atoms with E-state index in [4.69, 9.17) is 9.47 Å². The molecule has 3 heterocycles. The number of ether oxygens (including phenoxy) is 2. The highest BCUT2D eigenvalue weighted by Crippen LogP contribution is 2.34. The van der Waals surface area contributed by atoms with E-state index >= 15 is 0 Å². The van der Waals surface area contributed by atoms with Crippen LogP contribution in [0.25, 0.3) is 22.8 Å². The van der Waals surface area contributed by atoms with Gasteiger partial charge >= 0.3 is 0 Å². The van der Waals surface area contributed by atoms with Crippen LogP contribution in [0.15, 0.2) is 134 Å². The molecule has 3 aromatic heterocycles. The second-order valence-electron chi connectivity index (χ2n) is 9.61. The third-order valence-electron chi connectivity index (χ3n) is 6.69. The molecule has 0 N–H and O–H groups in total. The molecular weight excluding hydrogens is 564 g/mol. The number of aromatic nitrogens is 3. The number of carbonyl (C=O) groups is 2. The smallest absolute Gasteiger partial charge is 0.298 e. The van der Waals surface area contributed by atoms with E-state index in [9.17, 15) is 9.59 Å². The molecule has 8 heteroatoms. The highest BCUT2D eigenvalue weighted by atomic mass is 16.5. The summed E-state index contributed by atoms with van der Waals surface area (Å²) in [4.78, 5) is 37.6. The zero-order valence-corrected chi connectivity index (χ0v) is 23.8. The maximum Gasteiger partial charge on any atom is 0.298 e. The van der Waals surface area contributed by atoms with Crippen molar-refractivity contribution in [3.63, 3.8) is 0 Å². The number of pyridine rings is 3. The molecule has 0 bridgehead atoms. The molecular formula is C37H24N4O4. The Balaban J connectivity index is 1.28. The fraction of sp³-hybridized carbons (Fsp3) is 0. The van der Waals surface area contributed by atoms with Crippen LogP contribution in [0.2, 0.25) is 0 Å². The molecule has 3 aromatic carbocycles. The minimum atomic E-state index is 0.256. The van der Waals surface area contributed by atoms with Crippen LogP contribution in [0, 0.1) is 11.8 Å². The van der Waals surface area contributed by atoms with Crippen molar-refractivity contribution in [3.8, 4) is 46.1 Å². The van der Waals surface area contributed by atoms with Crippen molar-refractivity contribution in [1.29, 1.82) is 0 Å². The third-order valence-corrected chi connectivity index (χ3v) is 6.69. The molecule has 0 aliphatic rings. The average molecular weight is 589 g/mol. The van der Waals surface area contributed by atoms with Gasteiger partial charge in [0.05, 0.1) is 22.8 Å². The molecule has 216 valence electrons. The Morgan fingerprint density at radius 3 is 1.64 bits per heavy atom. The topological polar surface area (TPSA) is 94.5 Å². The van der Waals surface area contributed by atoms with E-state index in [1.165, 1.54) is 6.20 Å². The number of nitrogens with zero attached hydrogens (tertiary/aromatic N) is 4. The molecule has 6 rings (SSSR count). The summed E-state index contributed by atoms with van der Waals surface area (Å²) in [5, 5.41) is 0. The summed E-state index contributed by atoms with van der Waals surface area (Å²) in [7, 11) is 0. The van der Waals surface area contributed by atoms with Crippen LogP contribution < -0.4 is 14.4 Å². The van der Waals surface area contributed by atoms with E-state index in [0.717, 1.165) is 28.2 Å². The number of hydrogen-bond donors (Lipinski definition) is 0. The molecule has 45 heavy (non-hydrogen) atoms. The van der Waals surface area contributed by atoms with Gasteiger partial charge in [-0.05, 0) is 66.7 Å². The maximum atomic E-state index is 11.1. The van der Waals surface area contributed by atoms with Gasteiger partial charge in [-0.3, -0.25) is 19.6 Å². The van der Waals surface area contributed by atoms with Gasteiger partial charge in [-0.1, -0.05) is 48.2 Å². The van der Waals surface area contributed by atoms with Gasteiger partial charge in [-0.2, -0.15) is 0 Å². The average Bonchev–Trinajstić information content (AvgIpc) is 3.09. The van der Waals surface area contributed by atoms with Crippen molar-refractivity contribution in [2.45, 2.75) is 0 Å². The summed E-state index contributed by atoms with van der Waals surface area (Å²) in [5.41, 5.74) is 6.50. The number of carbonyl (C=O) groups excluding carboxylic acids is 2. The van der Waals surface area contributed by atoms with E-state index in [0.29, 0.717) is 41.5 Å². The Morgan fingerprint density at radius 1 is 0.511 bits per heavy atom. The first-order chi connectivity index (χ1) is 22.2. The van der Waals surface area contributed by atoms with Crippen molar-refractivity contribution in [2.24, 2.45) is 0 Å². The van der Waals surface area contributed by atoms with E-state index in [1.54, 1.807) is 30.5 Å². The second-order valence-corrected chi connectivity index (χ2v) is 9.61. The van der Waals surface area contributed by atoms with Crippen LogP contribution in [0.1, 0.15) is 11.1 Å². The van der Waals surface area contributed by atoms with Gasteiger partial charge in [-0.15, -0.1) is 0 Å². The summed E-state index contributed by atoms with van der Waals surface area (Å²) in [6.45, 7) is 0.667. The molecule has 0 unspecified atom stereocenters. The molecule has 0 aliphatic heterocycles. The predicted octanol–water partition coefficient (Wildman–Crippen LogP) is 7.15. The number of hydrogen-bond acceptors (Lipinski definition) is 8. The number of benzene rings is 3. The molecule has 0 saturated heterocycles. The summed E-state index contributed by atoms with van der Waals surface area (Å²) in [6.07, 6.45) is 3.14. The molecule has 6 aromatic rings. The first-order valence-corrected chi connectivity index (χ1v) is 13.9. The van der Waals surface area contributed by atoms with Crippen LogP contribution in [-0.2, 0) is 9.59 Å². The predicted molar refractivity (Wildman–Crippen MR) is 171 cm³/mol. The van der Waals surface area contributed by atoms with Crippen molar-refractivity contribution in [3.05, 3.63) is 145 Å². The van der Waals surface area contributed by atoms with Gasteiger partial charge in [-0.25, -0.2) is 4.98 Å². The quantitative estimate of drug-likeness (QED) is 0.130. The zero-order chi connectivity index (χ0) is 30.8. The van der Waals surface area contributed by atoms with E-state index in [2.05, 4.69) is 68.1 Å². The number of para-hydroxylation sites is 2.